The van der Waals surface area contributed by atoms with Crippen molar-refractivity contribution < 1.29 is 9.84 Å². The van der Waals surface area contributed by atoms with Gasteiger partial charge in [-0.3, -0.25) is 0 Å². The lowest BCUT2D eigenvalue weighted by atomic mass is 10.0. The molecule has 0 spiro atoms. The lowest BCUT2D eigenvalue weighted by Gasteiger charge is -2.26. The van der Waals surface area contributed by atoms with E-state index in [0.29, 0.717) is 6.10 Å². The number of rotatable bonds is 4. The molecule has 3 heteroatoms. The Balaban J connectivity index is 2.27. The summed E-state index contributed by atoms with van der Waals surface area (Å²) in [7, 11) is 0. The summed E-state index contributed by atoms with van der Waals surface area (Å²) in [5.74, 6) is 0. The largest absolute Gasteiger partial charge is 0.394 e. The second-order valence-electron chi connectivity index (χ2n) is 5.46. The molecule has 1 fully saturated rings. The Morgan fingerprint density at radius 2 is 2.14 bits per heavy atom. The first-order valence-corrected chi connectivity index (χ1v) is 5.38. The van der Waals surface area contributed by atoms with Crippen molar-refractivity contribution in [1.29, 1.82) is 0 Å². The highest BCUT2D eigenvalue weighted by molar-refractivity contribution is 4.84. The number of nitrogens with one attached hydrogen (secondary N) is 1. The lowest BCUT2D eigenvalue weighted by molar-refractivity contribution is -0.0176. The van der Waals surface area contributed by atoms with Crippen LogP contribution in [0.2, 0.25) is 0 Å². The zero-order valence-electron chi connectivity index (χ0n) is 9.76. The molecule has 1 unspecified atom stereocenters. The molecule has 0 aromatic heterocycles. The number of aliphatic hydroxyl groups is 1. The molecule has 2 N–H and O–H groups in total. The maximum absolute atomic E-state index is 9.07. The smallest absolute Gasteiger partial charge is 0.0708 e. The van der Waals surface area contributed by atoms with Crippen LogP contribution in [0.5, 0.6) is 0 Å². The average molecular weight is 201 g/mol. The molecule has 84 valence electrons. The van der Waals surface area contributed by atoms with Crippen molar-refractivity contribution in [2.75, 3.05) is 13.2 Å². The van der Waals surface area contributed by atoms with Crippen molar-refractivity contribution >= 4 is 0 Å². The Bertz CT molecular complexity index is 190. The van der Waals surface area contributed by atoms with Gasteiger partial charge in [0.2, 0.25) is 0 Å². The molecule has 0 aromatic carbocycles. The van der Waals surface area contributed by atoms with Crippen molar-refractivity contribution in [2.24, 2.45) is 0 Å². The summed E-state index contributed by atoms with van der Waals surface area (Å²) in [5, 5.41) is 12.4. The van der Waals surface area contributed by atoms with Crippen LogP contribution in [0.1, 0.15) is 40.5 Å². The van der Waals surface area contributed by atoms with E-state index in [9.17, 15) is 0 Å². The third-order valence-corrected chi connectivity index (χ3v) is 2.76. The molecule has 1 heterocycles. The first-order valence-electron chi connectivity index (χ1n) is 5.38. The number of hydrogen-bond acceptors (Lipinski definition) is 3. The predicted octanol–water partition coefficient (Wildman–Crippen LogP) is 1.30. The van der Waals surface area contributed by atoms with E-state index < -0.39 is 0 Å². The standard InChI is InChI=1S/C11H23NO2/c1-10(2,8-13)12-7-9-5-6-11(3,4)14-9/h9,12-13H,5-8H2,1-4H3. The molecule has 1 atom stereocenters. The molecule has 0 aliphatic carbocycles. The second kappa shape index (κ2) is 4.17. The van der Waals surface area contributed by atoms with Crippen LogP contribution in [0.25, 0.3) is 0 Å². The summed E-state index contributed by atoms with van der Waals surface area (Å²) in [6.45, 7) is 9.23. The molecule has 1 aliphatic rings. The van der Waals surface area contributed by atoms with Crippen molar-refractivity contribution in [3.8, 4) is 0 Å². The molecule has 0 aromatic rings. The van der Waals surface area contributed by atoms with Crippen LogP contribution < -0.4 is 5.32 Å². The van der Waals surface area contributed by atoms with Crippen LogP contribution in [0.4, 0.5) is 0 Å². The van der Waals surface area contributed by atoms with Crippen LogP contribution in [0.15, 0.2) is 0 Å². The van der Waals surface area contributed by atoms with Gasteiger partial charge in [-0.15, -0.1) is 0 Å². The molecule has 14 heavy (non-hydrogen) atoms. The highest BCUT2D eigenvalue weighted by atomic mass is 16.5. The van der Waals surface area contributed by atoms with E-state index in [1.807, 2.05) is 13.8 Å². The Kier molecular flexibility index (Phi) is 3.56. The van der Waals surface area contributed by atoms with Gasteiger partial charge in [0.15, 0.2) is 0 Å². The van der Waals surface area contributed by atoms with Gasteiger partial charge in [-0.1, -0.05) is 0 Å². The lowest BCUT2D eigenvalue weighted by Crippen LogP contribution is -2.46. The fourth-order valence-electron chi connectivity index (χ4n) is 1.67. The van der Waals surface area contributed by atoms with Gasteiger partial charge < -0.3 is 15.2 Å². The van der Waals surface area contributed by atoms with Gasteiger partial charge in [0.25, 0.3) is 0 Å². The fraction of sp³-hybridized carbons (Fsp3) is 1.00. The van der Waals surface area contributed by atoms with Crippen molar-refractivity contribution in [2.45, 2.75) is 57.8 Å². The van der Waals surface area contributed by atoms with Crippen LogP contribution in [-0.4, -0.2) is 35.5 Å². The monoisotopic (exact) mass is 201 g/mol. The van der Waals surface area contributed by atoms with Crippen LogP contribution in [0.3, 0.4) is 0 Å². The minimum absolute atomic E-state index is 0.0374. The molecule has 0 bridgehead atoms. The number of hydrogen-bond donors (Lipinski definition) is 2. The second-order valence-corrected chi connectivity index (χ2v) is 5.46. The van der Waals surface area contributed by atoms with E-state index in [4.69, 9.17) is 9.84 Å². The summed E-state index contributed by atoms with van der Waals surface area (Å²) in [5.41, 5.74) is -0.161. The highest BCUT2D eigenvalue weighted by Gasteiger charge is 2.32. The molecule has 1 saturated heterocycles. The Hall–Kier alpha value is -0.120. The maximum atomic E-state index is 9.07. The molecule has 1 aliphatic heterocycles. The van der Waals surface area contributed by atoms with Crippen molar-refractivity contribution in [1.82, 2.24) is 5.32 Å². The van der Waals surface area contributed by atoms with Gasteiger partial charge in [-0.25, -0.2) is 0 Å². The zero-order chi connectivity index (χ0) is 10.8. The minimum atomic E-state index is -0.198. The van der Waals surface area contributed by atoms with E-state index >= 15 is 0 Å². The van der Waals surface area contributed by atoms with Gasteiger partial charge in [-0.2, -0.15) is 0 Å². The first-order chi connectivity index (χ1) is 6.35. The van der Waals surface area contributed by atoms with Gasteiger partial charge in [0, 0.05) is 12.1 Å². The molecule has 0 amide bonds. The van der Waals surface area contributed by atoms with E-state index in [0.717, 1.165) is 19.4 Å². The Labute approximate surface area is 86.8 Å². The fourth-order valence-corrected chi connectivity index (χ4v) is 1.67. The summed E-state index contributed by atoms with van der Waals surface area (Å²) in [6.07, 6.45) is 2.54. The summed E-state index contributed by atoms with van der Waals surface area (Å²) < 4.78 is 5.84. The minimum Gasteiger partial charge on any atom is -0.394 e. The van der Waals surface area contributed by atoms with Gasteiger partial charge in [0.1, 0.15) is 0 Å². The van der Waals surface area contributed by atoms with Gasteiger partial charge in [-0.05, 0) is 40.5 Å². The molecule has 1 rings (SSSR count). The third kappa shape index (κ3) is 3.56. The summed E-state index contributed by atoms with van der Waals surface area (Å²) in [4.78, 5) is 0. The molecule has 0 radical (unpaired) electrons. The molecular formula is C11H23NO2. The third-order valence-electron chi connectivity index (χ3n) is 2.76. The van der Waals surface area contributed by atoms with Crippen molar-refractivity contribution in [3.63, 3.8) is 0 Å². The SMILES string of the molecule is CC(C)(CO)NCC1CCC(C)(C)O1. The summed E-state index contributed by atoms with van der Waals surface area (Å²) >= 11 is 0. The van der Waals surface area contributed by atoms with Crippen LogP contribution in [-0.2, 0) is 4.74 Å². The van der Waals surface area contributed by atoms with Gasteiger partial charge >= 0.3 is 0 Å². The topological polar surface area (TPSA) is 41.5 Å². The average Bonchev–Trinajstić information content (AvgIpc) is 2.43. The van der Waals surface area contributed by atoms with E-state index in [-0.39, 0.29) is 17.7 Å². The normalized spacial score (nSPS) is 26.8. The highest BCUT2D eigenvalue weighted by Crippen LogP contribution is 2.29. The van der Waals surface area contributed by atoms with E-state index in [2.05, 4.69) is 19.2 Å². The Morgan fingerprint density at radius 3 is 2.57 bits per heavy atom. The van der Waals surface area contributed by atoms with Crippen molar-refractivity contribution in [3.05, 3.63) is 0 Å². The quantitative estimate of drug-likeness (QED) is 0.720. The first kappa shape index (κ1) is 12.0. The molecular weight excluding hydrogens is 178 g/mol. The number of ether oxygens (including phenoxy) is 1. The maximum Gasteiger partial charge on any atom is 0.0708 e. The molecule has 3 nitrogen and oxygen atoms in total. The van der Waals surface area contributed by atoms with Gasteiger partial charge in [0.05, 0.1) is 18.3 Å². The predicted molar refractivity (Wildman–Crippen MR) is 57.4 cm³/mol. The van der Waals surface area contributed by atoms with Crippen LogP contribution in [0, 0.1) is 0 Å². The van der Waals surface area contributed by atoms with Crippen LogP contribution >= 0.6 is 0 Å². The summed E-state index contributed by atoms with van der Waals surface area (Å²) in [6, 6.07) is 0. The Morgan fingerprint density at radius 1 is 1.50 bits per heavy atom. The molecule has 0 saturated carbocycles. The zero-order valence-corrected chi connectivity index (χ0v) is 9.76. The van der Waals surface area contributed by atoms with E-state index in [1.54, 1.807) is 0 Å². The van der Waals surface area contributed by atoms with E-state index in [1.165, 1.54) is 0 Å². The number of aliphatic hydroxyl groups excluding tert-OH is 1.